The molecule has 0 spiro atoms. The Hall–Kier alpha value is -2.06. The molecule has 0 unspecified atom stereocenters. The Labute approximate surface area is 131 Å². The van der Waals surface area contributed by atoms with Gasteiger partial charge in [-0.05, 0) is 49.4 Å². The average Bonchev–Trinajstić information content (AvgIpc) is 2.48. The average molecular weight is 344 g/mol. The molecule has 1 aromatic carbocycles. The number of anilines is 1. The number of phenolic OH excluding ortho intramolecular Hbond substituents is 1. The van der Waals surface area contributed by atoms with Crippen LogP contribution in [0.25, 0.3) is 11.1 Å². The first-order valence-corrected chi connectivity index (χ1v) is 7.61. The molecule has 0 atom stereocenters. The van der Waals surface area contributed by atoms with Gasteiger partial charge in [-0.1, -0.05) is 15.9 Å². The maximum Gasteiger partial charge on any atom is 0.142 e. The zero-order valence-corrected chi connectivity index (χ0v) is 12.9. The molecule has 0 saturated heterocycles. The van der Waals surface area contributed by atoms with Gasteiger partial charge in [-0.2, -0.15) is 5.26 Å². The van der Waals surface area contributed by atoms with Gasteiger partial charge in [-0.15, -0.1) is 0 Å². The molecule has 0 saturated carbocycles. The van der Waals surface area contributed by atoms with E-state index >= 15 is 0 Å². The number of phenols is 1. The Morgan fingerprint density at radius 2 is 2.05 bits per heavy atom. The molecule has 2 aromatic rings. The molecule has 4 nitrogen and oxygen atoms in total. The van der Waals surface area contributed by atoms with E-state index in [1.165, 1.54) is 0 Å². The fraction of sp³-hybridized carbons (Fsp3) is 0.250. The highest BCUT2D eigenvalue weighted by Gasteiger charge is 2.23. The van der Waals surface area contributed by atoms with Crippen molar-refractivity contribution in [1.29, 1.82) is 5.26 Å². The van der Waals surface area contributed by atoms with Crippen molar-refractivity contribution >= 4 is 21.7 Å². The summed E-state index contributed by atoms with van der Waals surface area (Å²) in [5.74, 6) is 0.389. The first-order valence-electron chi connectivity index (χ1n) is 6.82. The number of benzene rings is 1. The van der Waals surface area contributed by atoms with E-state index in [-0.39, 0.29) is 11.6 Å². The minimum absolute atomic E-state index is 0.146. The third-order valence-corrected chi connectivity index (χ3v) is 4.34. The van der Waals surface area contributed by atoms with Gasteiger partial charge in [-0.3, -0.25) is 0 Å². The molecule has 1 aliphatic rings. The van der Waals surface area contributed by atoms with Crippen LogP contribution in [0.5, 0.6) is 5.75 Å². The van der Waals surface area contributed by atoms with Gasteiger partial charge in [0.25, 0.3) is 0 Å². The van der Waals surface area contributed by atoms with E-state index in [9.17, 15) is 10.4 Å². The number of nitrogen functional groups attached to an aromatic ring is 1. The quantitative estimate of drug-likeness (QED) is 0.829. The number of rotatable bonds is 1. The molecule has 0 bridgehead atoms. The summed E-state index contributed by atoms with van der Waals surface area (Å²) in [5.41, 5.74) is 9.67. The number of pyridine rings is 1. The highest BCUT2D eigenvalue weighted by molar-refractivity contribution is 9.10. The van der Waals surface area contributed by atoms with Crippen LogP contribution < -0.4 is 5.73 Å². The van der Waals surface area contributed by atoms with Crippen molar-refractivity contribution in [2.45, 2.75) is 25.7 Å². The summed E-state index contributed by atoms with van der Waals surface area (Å²) < 4.78 is 0.846. The number of aryl methyl sites for hydroxylation is 1. The SMILES string of the molecule is N#Cc1c(N)nc2c(c1-c1cc(Br)ccc1O)CCCC2. The third kappa shape index (κ3) is 2.36. The second-order valence-corrected chi connectivity index (χ2v) is 6.07. The summed E-state index contributed by atoms with van der Waals surface area (Å²) in [5, 5.41) is 19.7. The van der Waals surface area contributed by atoms with Crippen molar-refractivity contribution in [3.05, 3.63) is 39.5 Å². The lowest BCUT2D eigenvalue weighted by Gasteiger charge is -2.21. The molecule has 3 N–H and O–H groups in total. The van der Waals surface area contributed by atoms with E-state index in [0.29, 0.717) is 11.1 Å². The Morgan fingerprint density at radius 1 is 1.29 bits per heavy atom. The zero-order valence-electron chi connectivity index (χ0n) is 11.4. The molecule has 106 valence electrons. The van der Waals surface area contributed by atoms with Crippen LogP contribution in [0.1, 0.15) is 29.7 Å². The van der Waals surface area contributed by atoms with E-state index in [4.69, 9.17) is 5.73 Å². The van der Waals surface area contributed by atoms with Gasteiger partial charge >= 0.3 is 0 Å². The Balaban J connectivity index is 2.37. The van der Waals surface area contributed by atoms with Gasteiger partial charge in [0.1, 0.15) is 23.2 Å². The standard InChI is InChI=1S/C16H14BrN3O/c17-9-5-6-14(21)11(7-9)15-10-3-1-2-4-13(10)20-16(19)12(15)8-18/h5-7,21H,1-4H2,(H2,19,20). The smallest absolute Gasteiger partial charge is 0.142 e. The maximum absolute atomic E-state index is 10.2. The van der Waals surface area contributed by atoms with Crippen molar-refractivity contribution < 1.29 is 5.11 Å². The normalized spacial score (nSPS) is 13.5. The third-order valence-electron chi connectivity index (χ3n) is 3.84. The van der Waals surface area contributed by atoms with Crippen LogP contribution in [0, 0.1) is 11.3 Å². The number of nitriles is 1. The predicted molar refractivity (Wildman–Crippen MR) is 84.8 cm³/mol. The number of nitrogens with zero attached hydrogens (tertiary/aromatic N) is 2. The molecule has 1 aliphatic carbocycles. The summed E-state index contributed by atoms with van der Waals surface area (Å²) >= 11 is 3.41. The van der Waals surface area contributed by atoms with E-state index < -0.39 is 0 Å². The molecular weight excluding hydrogens is 330 g/mol. The summed E-state index contributed by atoms with van der Waals surface area (Å²) in [6, 6.07) is 7.35. The molecule has 5 heteroatoms. The van der Waals surface area contributed by atoms with Gasteiger partial charge in [0.2, 0.25) is 0 Å². The first kappa shape index (κ1) is 13.9. The number of hydrogen-bond acceptors (Lipinski definition) is 4. The Morgan fingerprint density at radius 3 is 2.81 bits per heavy atom. The number of nitrogens with two attached hydrogens (primary N) is 1. The van der Waals surface area contributed by atoms with Gasteiger partial charge < -0.3 is 10.8 Å². The molecule has 0 fully saturated rings. The van der Waals surface area contributed by atoms with E-state index in [1.54, 1.807) is 12.1 Å². The van der Waals surface area contributed by atoms with E-state index in [0.717, 1.165) is 47.0 Å². The van der Waals surface area contributed by atoms with Crippen LogP contribution in [0.4, 0.5) is 5.82 Å². The minimum Gasteiger partial charge on any atom is -0.507 e. The molecule has 0 amide bonds. The lowest BCUT2D eigenvalue weighted by atomic mass is 9.86. The number of fused-ring (bicyclic) bond motifs is 1. The molecule has 1 heterocycles. The monoisotopic (exact) mass is 343 g/mol. The summed E-state index contributed by atoms with van der Waals surface area (Å²) in [6.45, 7) is 0. The van der Waals surface area contributed by atoms with Crippen LogP contribution in [-0.4, -0.2) is 10.1 Å². The zero-order chi connectivity index (χ0) is 15.0. The summed E-state index contributed by atoms with van der Waals surface area (Å²) in [7, 11) is 0. The van der Waals surface area contributed by atoms with Crippen LogP contribution in [0.2, 0.25) is 0 Å². The van der Waals surface area contributed by atoms with Gasteiger partial charge in [0.15, 0.2) is 0 Å². The number of aromatic nitrogens is 1. The van der Waals surface area contributed by atoms with Crippen LogP contribution in [-0.2, 0) is 12.8 Å². The molecular formula is C16H14BrN3O. The molecule has 21 heavy (non-hydrogen) atoms. The van der Waals surface area contributed by atoms with Crippen LogP contribution >= 0.6 is 15.9 Å². The van der Waals surface area contributed by atoms with E-state index in [2.05, 4.69) is 27.0 Å². The number of aromatic hydroxyl groups is 1. The molecule has 0 aliphatic heterocycles. The predicted octanol–water partition coefficient (Wildman–Crippen LogP) is 3.55. The lowest BCUT2D eigenvalue weighted by Crippen LogP contribution is -2.11. The molecule has 3 rings (SSSR count). The molecule has 1 aromatic heterocycles. The second kappa shape index (κ2) is 5.38. The fourth-order valence-corrected chi connectivity index (χ4v) is 3.24. The van der Waals surface area contributed by atoms with Crippen molar-refractivity contribution in [3.8, 4) is 22.9 Å². The highest BCUT2D eigenvalue weighted by Crippen LogP contribution is 2.40. The van der Waals surface area contributed by atoms with Crippen LogP contribution in [0.3, 0.4) is 0 Å². The largest absolute Gasteiger partial charge is 0.507 e. The maximum atomic E-state index is 10.2. The highest BCUT2D eigenvalue weighted by atomic mass is 79.9. The van der Waals surface area contributed by atoms with Crippen LogP contribution in [0.15, 0.2) is 22.7 Å². The van der Waals surface area contributed by atoms with Crippen molar-refractivity contribution in [3.63, 3.8) is 0 Å². The van der Waals surface area contributed by atoms with E-state index in [1.807, 2.05) is 6.07 Å². The molecule has 0 radical (unpaired) electrons. The van der Waals surface area contributed by atoms with Gasteiger partial charge in [0.05, 0.1) is 0 Å². The number of halogens is 1. The van der Waals surface area contributed by atoms with Crippen molar-refractivity contribution in [2.24, 2.45) is 0 Å². The Kier molecular flexibility index (Phi) is 3.56. The lowest BCUT2D eigenvalue weighted by molar-refractivity contribution is 0.477. The van der Waals surface area contributed by atoms with Gasteiger partial charge in [-0.25, -0.2) is 4.98 Å². The Bertz CT molecular complexity index is 765. The minimum atomic E-state index is 0.146. The second-order valence-electron chi connectivity index (χ2n) is 5.15. The first-order chi connectivity index (χ1) is 10.1. The fourth-order valence-electron chi connectivity index (χ4n) is 2.88. The topological polar surface area (TPSA) is 82.9 Å². The van der Waals surface area contributed by atoms with Crippen molar-refractivity contribution in [2.75, 3.05) is 5.73 Å². The summed E-state index contributed by atoms with van der Waals surface area (Å²) in [6.07, 6.45) is 3.87. The van der Waals surface area contributed by atoms with Gasteiger partial charge in [0, 0.05) is 21.3 Å². The summed E-state index contributed by atoms with van der Waals surface area (Å²) in [4.78, 5) is 4.38. The number of hydrogen-bond donors (Lipinski definition) is 2. The van der Waals surface area contributed by atoms with Crippen molar-refractivity contribution in [1.82, 2.24) is 4.98 Å².